The van der Waals surface area contributed by atoms with Gasteiger partial charge in [0.1, 0.15) is 12.2 Å². The average Bonchev–Trinajstić information content (AvgIpc) is 2.37. The molecule has 1 fully saturated rings. The van der Waals surface area contributed by atoms with Gasteiger partial charge < -0.3 is 9.47 Å². The molecule has 0 heterocycles. The van der Waals surface area contributed by atoms with Crippen LogP contribution in [0.3, 0.4) is 0 Å². The number of alkyl halides is 1. The van der Waals surface area contributed by atoms with E-state index >= 15 is 0 Å². The topological polar surface area (TPSA) is 61.6 Å². The Morgan fingerprint density at radius 1 is 1.58 bits per heavy atom. The summed E-state index contributed by atoms with van der Waals surface area (Å²) < 4.78 is 24.4. The molecule has 1 aliphatic carbocycles. The molecule has 1 saturated carbocycles. The molecule has 0 bridgehead atoms. The first-order valence-corrected chi connectivity index (χ1v) is 6.33. The Labute approximate surface area is 114 Å². The van der Waals surface area contributed by atoms with Gasteiger partial charge in [0.05, 0.1) is 10.3 Å². The van der Waals surface area contributed by atoms with Gasteiger partial charge in [0.25, 0.3) is 0 Å². The maximum atomic E-state index is 13.6. The van der Waals surface area contributed by atoms with Crippen LogP contribution in [0.15, 0.2) is 18.2 Å². The van der Waals surface area contributed by atoms with Crippen molar-refractivity contribution in [3.8, 4) is 5.75 Å². The molecule has 1 aromatic carbocycles. The molecule has 3 atom stereocenters. The SMILES string of the molecule is CCOC1C(Cl)CC1Oc1c(F)cccc1[N+](=O)[O-]. The Morgan fingerprint density at radius 2 is 2.32 bits per heavy atom. The van der Waals surface area contributed by atoms with Crippen molar-refractivity contribution < 1.29 is 18.8 Å². The van der Waals surface area contributed by atoms with Crippen molar-refractivity contribution in [1.29, 1.82) is 0 Å². The summed E-state index contributed by atoms with van der Waals surface area (Å²) >= 11 is 5.96. The van der Waals surface area contributed by atoms with Gasteiger partial charge in [-0.3, -0.25) is 10.1 Å². The summed E-state index contributed by atoms with van der Waals surface area (Å²) in [7, 11) is 0. The van der Waals surface area contributed by atoms with E-state index in [0.717, 1.165) is 6.07 Å². The third kappa shape index (κ3) is 2.79. The molecule has 0 aromatic heterocycles. The average molecular weight is 290 g/mol. The monoisotopic (exact) mass is 289 g/mol. The molecule has 0 radical (unpaired) electrons. The van der Waals surface area contributed by atoms with Gasteiger partial charge in [0.2, 0.25) is 5.75 Å². The number of nitro groups is 1. The minimum absolute atomic E-state index is 0.212. The molecule has 1 aromatic rings. The van der Waals surface area contributed by atoms with Gasteiger partial charge >= 0.3 is 5.69 Å². The Hall–Kier alpha value is -1.40. The van der Waals surface area contributed by atoms with Gasteiger partial charge in [0, 0.05) is 19.1 Å². The molecule has 0 N–H and O–H groups in total. The first kappa shape index (κ1) is 14.0. The molecule has 1 aliphatic rings. The van der Waals surface area contributed by atoms with E-state index in [-0.39, 0.29) is 17.2 Å². The van der Waals surface area contributed by atoms with Crippen molar-refractivity contribution in [3.05, 3.63) is 34.1 Å². The predicted octanol–water partition coefficient (Wildman–Crippen LogP) is 2.90. The summed E-state index contributed by atoms with van der Waals surface area (Å²) in [5.74, 6) is -1.12. The number of nitro benzene ring substituents is 1. The quantitative estimate of drug-likeness (QED) is 0.475. The van der Waals surface area contributed by atoms with E-state index in [0.29, 0.717) is 13.0 Å². The minimum atomic E-state index is -0.762. The van der Waals surface area contributed by atoms with E-state index in [1.165, 1.54) is 12.1 Å². The highest BCUT2D eigenvalue weighted by atomic mass is 35.5. The van der Waals surface area contributed by atoms with Gasteiger partial charge in [-0.2, -0.15) is 0 Å². The van der Waals surface area contributed by atoms with Crippen LogP contribution in [0.4, 0.5) is 10.1 Å². The molecular weight excluding hydrogens is 277 g/mol. The molecular formula is C12H13ClFNO4. The fourth-order valence-corrected chi connectivity index (χ4v) is 2.37. The van der Waals surface area contributed by atoms with Crippen molar-refractivity contribution in [2.45, 2.75) is 30.9 Å². The number of rotatable bonds is 5. The lowest BCUT2D eigenvalue weighted by Gasteiger charge is -2.40. The third-order valence-electron chi connectivity index (χ3n) is 2.95. The van der Waals surface area contributed by atoms with Crippen LogP contribution in [-0.2, 0) is 4.74 Å². The Bertz CT molecular complexity index is 485. The smallest absolute Gasteiger partial charge is 0.314 e. The number of hydrogen-bond donors (Lipinski definition) is 0. The molecule has 104 valence electrons. The van der Waals surface area contributed by atoms with E-state index in [1.54, 1.807) is 0 Å². The van der Waals surface area contributed by atoms with Crippen molar-refractivity contribution in [2.24, 2.45) is 0 Å². The summed E-state index contributed by atoms with van der Waals surface area (Å²) in [6.45, 7) is 2.26. The number of halogens is 2. The Morgan fingerprint density at radius 3 is 2.89 bits per heavy atom. The molecule has 3 unspecified atom stereocenters. The highest BCUT2D eigenvalue weighted by molar-refractivity contribution is 6.21. The van der Waals surface area contributed by atoms with Gasteiger partial charge in [0.15, 0.2) is 5.82 Å². The largest absolute Gasteiger partial charge is 0.479 e. The van der Waals surface area contributed by atoms with Crippen LogP contribution in [0.5, 0.6) is 5.75 Å². The maximum absolute atomic E-state index is 13.6. The van der Waals surface area contributed by atoms with E-state index in [2.05, 4.69) is 0 Å². The summed E-state index contributed by atoms with van der Waals surface area (Å²) in [5, 5.41) is 10.6. The first-order valence-electron chi connectivity index (χ1n) is 5.89. The van der Waals surface area contributed by atoms with E-state index in [1.807, 2.05) is 6.92 Å². The Kier molecular flexibility index (Phi) is 4.21. The third-order valence-corrected chi connectivity index (χ3v) is 3.38. The highest BCUT2D eigenvalue weighted by Crippen LogP contribution is 2.37. The maximum Gasteiger partial charge on any atom is 0.314 e. The van der Waals surface area contributed by atoms with Crippen molar-refractivity contribution in [1.82, 2.24) is 0 Å². The predicted molar refractivity (Wildman–Crippen MR) is 67.1 cm³/mol. The number of nitrogens with zero attached hydrogens (tertiary/aromatic N) is 1. The van der Waals surface area contributed by atoms with E-state index in [9.17, 15) is 14.5 Å². The molecule has 5 nitrogen and oxygen atoms in total. The standard InChI is InChI=1S/C12H13ClFNO4/c1-2-18-11-7(13)6-10(11)19-12-8(14)4-3-5-9(12)15(16)17/h3-5,7,10-11H,2,6H2,1H3. The fraction of sp³-hybridized carbons (Fsp3) is 0.500. The fourth-order valence-electron chi connectivity index (χ4n) is 1.96. The van der Waals surface area contributed by atoms with Crippen LogP contribution in [0, 0.1) is 15.9 Å². The Balaban J connectivity index is 2.17. The van der Waals surface area contributed by atoms with Gasteiger partial charge in [-0.05, 0) is 13.0 Å². The zero-order valence-corrected chi connectivity index (χ0v) is 11.0. The van der Waals surface area contributed by atoms with Gasteiger partial charge in [-0.1, -0.05) is 6.07 Å². The van der Waals surface area contributed by atoms with Crippen molar-refractivity contribution >= 4 is 17.3 Å². The van der Waals surface area contributed by atoms with Crippen LogP contribution in [0.2, 0.25) is 0 Å². The first-order chi connectivity index (χ1) is 9.04. The van der Waals surface area contributed by atoms with Crippen LogP contribution in [-0.4, -0.2) is 29.1 Å². The van der Waals surface area contributed by atoms with Crippen LogP contribution in [0.25, 0.3) is 0 Å². The second-order valence-electron chi connectivity index (χ2n) is 4.17. The lowest BCUT2D eigenvalue weighted by atomic mass is 9.91. The zero-order chi connectivity index (χ0) is 14.0. The van der Waals surface area contributed by atoms with Gasteiger partial charge in [-0.15, -0.1) is 11.6 Å². The zero-order valence-electron chi connectivity index (χ0n) is 10.2. The lowest BCUT2D eigenvalue weighted by molar-refractivity contribution is -0.386. The summed E-state index contributed by atoms with van der Waals surface area (Å²) in [6.07, 6.45) is -0.360. The van der Waals surface area contributed by atoms with E-state index in [4.69, 9.17) is 21.1 Å². The number of benzene rings is 1. The molecule has 2 rings (SSSR count). The van der Waals surface area contributed by atoms with Crippen LogP contribution >= 0.6 is 11.6 Å². The second-order valence-corrected chi connectivity index (χ2v) is 4.73. The summed E-state index contributed by atoms with van der Waals surface area (Å²) in [4.78, 5) is 10.2. The normalized spacial score (nSPS) is 25.7. The molecule has 0 spiro atoms. The number of para-hydroxylation sites is 1. The number of ether oxygens (including phenoxy) is 2. The molecule has 7 heteroatoms. The molecule has 19 heavy (non-hydrogen) atoms. The van der Waals surface area contributed by atoms with Crippen molar-refractivity contribution in [2.75, 3.05) is 6.61 Å². The molecule has 0 aliphatic heterocycles. The second kappa shape index (κ2) is 5.71. The lowest BCUT2D eigenvalue weighted by Crippen LogP contribution is -2.52. The number of hydrogen-bond acceptors (Lipinski definition) is 4. The summed E-state index contributed by atoms with van der Waals surface area (Å²) in [6, 6.07) is 3.59. The summed E-state index contributed by atoms with van der Waals surface area (Å²) in [5.41, 5.74) is -0.395. The minimum Gasteiger partial charge on any atom is -0.479 e. The van der Waals surface area contributed by atoms with Crippen LogP contribution < -0.4 is 4.74 Å². The van der Waals surface area contributed by atoms with Gasteiger partial charge in [-0.25, -0.2) is 4.39 Å². The van der Waals surface area contributed by atoms with E-state index < -0.39 is 22.5 Å². The van der Waals surface area contributed by atoms with Crippen LogP contribution in [0.1, 0.15) is 13.3 Å². The highest BCUT2D eigenvalue weighted by Gasteiger charge is 2.43. The molecule has 0 saturated heterocycles. The van der Waals surface area contributed by atoms with Crippen molar-refractivity contribution in [3.63, 3.8) is 0 Å². The molecule has 0 amide bonds.